The van der Waals surface area contributed by atoms with E-state index in [1.165, 1.54) is 31.5 Å². The summed E-state index contributed by atoms with van der Waals surface area (Å²) in [7, 11) is 3.97. The molecule has 0 amide bonds. The Balaban J connectivity index is 0.00000264. The van der Waals surface area contributed by atoms with Gasteiger partial charge in [0.15, 0.2) is 5.96 Å². The lowest BCUT2D eigenvalue weighted by atomic mass is 10.1. The second kappa shape index (κ2) is 10.5. The summed E-state index contributed by atoms with van der Waals surface area (Å²) in [4.78, 5) is 9.26. The second-order valence-electron chi connectivity index (χ2n) is 6.60. The minimum atomic E-state index is 0. The molecule has 0 bridgehead atoms. The van der Waals surface area contributed by atoms with E-state index in [0.717, 1.165) is 25.0 Å². The van der Waals surface area contributed by atoms with Crippen molar-refractivity contribution in [3.8, 4) is 0 Å². The Hall–Kier alpha value is -0.340. The Morgan fingerprint density at radius 3 is 2.91 bits per heavy atom. The summed E-state index contributed by atoms with van der Waals surface area (Å²) in [6.45, 7) is 8.95. The van der Waals surface area contributed by atoms with Gasteiger partial charge in [-0.3, -0.25) is 9.89 Å². The SMILES string of the molecule is CN=C(NC[C@H]1CCCN1CC(C)C)N(C)Cc1ccsc1.I. The van der Waals surface area contributed by atoms with Gasteiger partial charge in [-0.1, -0.05) is 13.8 Å². The van der Waals surface area contributed by atoms with Gasteiger partial charge in [-0.05, 0) is 47.7 Å². The largest absolute Gasteiger partial charge is 0.355 e. The van der Waals surface area contributed by atoms with E-state index in [2.05, 4.69) is 57.8 Å². The average Bonchev–Trinajstić information content (AvgIpc) is 3.11. The third kappa shape index (κ3) is 6.58. The molecule has 1 aromatic heterocycles. The standard InChI is InChI=1S/C17H30N4S.HI/c1-14(2)11-21-8-5-6-16(21)10-19-17(18-3)20(4)12-15-7-9-22-13-15;/h7,9,13-14,16H,5-6,8,10-12H2,1-4H3,(H,18,19);1H/t16-;/m1./s1. The molecular weight excluding hydrogens is 419 g/mol. The number of rotatable bonds is 6. The molecule has 0 unspecified atom stereocenters. The topological polar surface area (TPSA) is 30.9 Å². The van der Waals surface area contributed by atoms with Gasteiger partial charge in [0.05, 0.1) is 0 Å². The fourth-order valence-corrected chi connectivity index (χ4v) is 3.82. The summed E-state index contributed by atoms with van der Waals surface area (Å²) < 4.78 is 0. The van der Waals surface area contributed by atoms with Crippen LogP contribution in [0.25, 0.3) is 0 Å². The molecule has 23 heavy (non-hydrogen) atoms. The molecule has 1 aliphatic heterocycles. The van der Waals surface area contributed by atoms with E-state index < -0.39 is 0 Å². The summed E-state index contributed by atoms with van der Waals surface area (Å²) in [6, 6.07) is 2.82. The summed E-state index contributed by atoms with van der Waals surface area (Å²) in [6.07, 6.45) is 2.62. The third-order valence-corrected chi connectivity index (χ3v) is 4.90. The number of hydrogen-bond donors (Lipinski definition) is 1. The van der Waals surface area contributed by atoms with Gasteiger partial charge in [0.2, 0.25) is 0 Å². The molecule has 1 aromatic rings. The molecule has 2 heterocycles. The van der Waals surface area contributed by atoms with E-state index in [-0.39, 0.29) is 24.0 Å². The number of likely N-dealkylation sites (tertiary alicyclic amines) is 1. The van der Waals surface area contributed by atoms with Gasteiger partial charge in [0, 0.05) is 39.8 Å². The normalized spacial score (nSPS) is 19.0. The molecule has 4 nitrogen and oxygen atoms in total. The molecule has 6 heteroatoms. The summed E-state index contributed by atoms with van der Waals surface area (Å²) in [5.41, 5.74) is 1.35. The smallest absolute Gasteiger partial charge is 0.193 e. The number of thiophene rings is 1. The van der Waals surface area contributed by atoms with E-state index in [9.17, 15) is 0 Å². The van der Waals surface area contributed by atoms with Crippen molar-refractivity contribution in [1.29, 1.82) is 0 Å². The van der Waals surface area contributed by atoms with Crippen LogP contribution in [0.3, 0.4) is 0 Å². The molecule has 0 aliphatic carbocycles. The molecule has 0 aromatic carbocycles. The van der Waals surface area contributed by atoms with Gasteiger partial charge in [0.1, 0.15) is 0 Å². The van der Waals surface area contributed by atoms with Crippen LogP contribution < -0.4 is 5.32 Å². The molecule has 0 radical (unpaired) electrons. The van der Waals surface area contributed by atoms with Crippen LogP contribution in [-0.2, 0) is 6.54 Å². The molecular formula is C17H31IN4S. The Morgan fingerprint density at radius 1 is 1.52 bits per heavy atom. The summed E-state index contributed by atoms with van der Waals surface area (Å²) in [5.74, 6) is 1.73. The zero-order valence-electron chi connectivity index (χ0n) is 14.8. The van der Waals surface area contributed by atoms with Gasteiger partial charge in [-0.2, -0.15) is 11.3 Å². The molecule has 132 valence electrons. The van der Waals surface area contributed by atoms with Crippen molar-refractivity contribution in [2.24, 2.45) is 10.9 Å². The molecule has 1 N–H and O–H groups in total. The van der Waals surface area contributed by atoms with Crippen LogP contribution in [0, 0.1) is 5.92 Å². The van der Waals surface area contributed by atoms with Gasteiger partial charge >= 0.3 is 0 Å². The molecule has 0 spiro atoms. The molecule has 0 saturated carbocycles. The van der Waals surface area contributed by atoms with E-state index in [1.807, 2.05) is 7.05 Å². The third-order valence-electron chi connectivity index (χ3n) is 4.17. The first kappa shape index (κ1) is 20.7. The Labute approximate surface area is 162 Å². The first-order valence-electron chi connectivity index (χ1n) is 8.27. The second-order valence-corrected chi connectivity index (χ2v) is 7.38. The lowest BCUT2D eigenvalue weighted by Gasteiger charge is -2.28. The number of aliphatic imine (C=N–C) groups is 1. The van der Waals surface area contributed by atoms with Crippen molar-refractivity contribution in [3.05, 3.63) is 22.4 Å². The van der Waals surface area contributed by atoms with E-state index >= 15 is 0 Å². The van der Waals surface area contributed by atoms with Crippen LogP contribution in [0.15, 0.2) is 21.8 Å². The van der Waals surface area contributed by atoms with Crippen LogP contribution in [0.4, 0.5) is 0 Å². The van der Waals surface area contributed by atoms with Crippen LogP contribution >= 0.6 is 35.3 Å². The Morgan fingerprint density at radius 2 is 2.30 bits per heavy atom. The van der Waals surface area contributed by atoms with Crippen LogP contribution in [0.5, 0.6) is 0 Å². The highest BCUT2D eigenvalue weighted by atomic mass is 127. The van der Waals surface area contributed by atoms with Crippen molar-refractivity contribution in [1.82, 2.24) is 15.1 Å². The lowest BCUT2D eigenvalue weighted by Crippen LogP contribution is -2.45. The first-order chi connectivity index (χ1) is 10.6. The molecule has 1 saturated heterocycles. The lowest BCUT2D eigenvalue weighted by molar-refractivity contribution is 0.225. The van der Waals surface area contributed by atoms with Crippen molar-refractivity contribution < 1.29 is 0 Å². The fourth-order valence-electron chi connectivity index (χ4n) is 3.16. The highest BCUT2D eigenvalue weighted by Gasteiger charge is 2.25. The maximum absolute atomic E-state index is 4.43. The maximum Gasteiger partial charge on any atom is 0.193 e. The summed E-state index contributed by atoms with van der Waals surface area (Å²) >= 11 is 1.75. The van der Waals surface area contributed by atoms with Crippen LogP contribution in [-0.4, -0.2) is 55.5 Å². The number of nitrogens with zero attached hydrogens (tertiary/aromatic N) is 3. The van der Waals surface area contributed by atoms with Crippen molar-refractivity contribution in [2.45, 2.75) is 39.3 Å². The first-order valence-corrected chi connectivity index (χ1v) is 9.21. The van der Waals surface area contributed by atoms with Gasteiger partial charge in [-0.15, -0.1) is 24.0 Å². The molecule has 1 fully saturated rings. The molecule has 1 aliphatic rings. The van der Waals surface area contributed by atoms with Crippen molar-refractivity contribution in [2.75, 3.05) is 33.7 Å². The number of hydrogen-bond acceptors (Lipinski definition) is 3. The predicted octanol–water partition coefficient (Wildman–Crippen LogP) is 3.49. The molecule has 1 atom stereocenters. The average molecular weight is 450 g/mol. The van der Waals surface area contributed by atoms with E-state index in [4.69, 9.17) is 0 Å². The number of guanidine groups is 1. The number of nitrogens with one attached hydrogen (secondary N) is 1. The maximum atomic E-state index is 4.43. The summed E-state index contributed by atoms with van der Waals surface area (Å²) in [5, 5.41) is 7.89. The van der Waals surface area contributed by atoms with Gasteiger partial charge < -0.3 is 10.2 Å². The van der Waals surface area contributed by atoms with Crippen molar-refractivity contribution in [3.63, 3.8) is 0 Å². The number of halogens is 1. The van der Waals surface area contributed by atoms with Gasteiger partial charge in [0.25, 0.3) is 0 Å². The fraction of sp³-hybridized carbons (Fsp3) is 0.706. The van der Waals surface area contributed by atoms with Gasteiger partial charge in [-0.25, -0.2) is 0 Å². The van der Waals surface area contributed by atoms with E-state index in [1.54, 1.807) is 11.3 Å². The zero-order chi connectivity index (χ0) is 15.9. The highest BCUT2D eigenvalue weighted by molar-refractivity contribution is 14.0. The quantitative estimate of drug-likeness (QED) is 0.409. The minimum absolute atomic E-state index is 0. The predicted molar refractivity (Wildman–Crippen MR) is 112 cm³/mol. The molecule has 2 rings (SSSR count). The monoisotopic (exact) mass is 450 g/mol. The van der Waals surface area contributed by atoms with Crippen LogP contribution in [0.1, 0.15) is 32.3 Å². The highest BCUT2D eigenvalue weighted by Crippen LogP contribution is 2.18. The Bertz CT molecular complexity index is 461. The van der Waals surface area contributed by atoms with Crippen LogP contribution in [0.2, 0.25) is 0 Å². The minimum Gasteiger partial charge on any atom is -0.355 e. The zero-order valence-corrected chi connectivity index (χ0v) is 17.9. The Kier molecular flexibility index (Phi) is 9.46. The van der Waals surface area contributed by atoms with Crippen molar-refractivity contribution >= 4 is 41.3 Å². The van der Waals surface area contributed by atoms with E-state index in [0.29, 0.717) is 6.04 Å².